The molecular formula is C55H37IrN3S-2. The van der Waals surface area contributed by atoms with Gasteiger partial charge in [0.05, 0.1) is 22.5 Å². The maximum atomic E-state index is 7.23. The molecule has 0 spiro atoms. The standard InChI is InChI=1S/C43H27N2S.C12H10N.Ir/c1-3-13-30(14-4-1)35-21-12-22-36(31-15-5-2-6-16-31)42(35)45-40-24-10-9-23-39(40)44-43(45)38-28-46-41-26-25-32(27-37(38)41)34-20-11-18-29-17-7-8-19-33(29)34;1-10-7-8-12(13-9-10)11-5-3-2-4-6-11;/h1-27H;2-5,7-9H,1H3;/q2*-1;/i;1D3;. The normalized spacial score (nSPS) is 11.9. The van der Waals surface area contributed by atoms with Crippen LogP contribution in [0.3, 0.4) is 0 Å². The number of aryl methyl sites for hydroxylation is 1. The number of hydrogen-bond acceptors (Lipinski definition) is 3. The molecule has 0 saturated carbocycles. The van der Waals surface area contributed by atoms with E-state index in [0.29, 0.717) is 0 Å². The minimum Gasteiger partial charge on any atom is -0.332 e. The van der Waals surface area contributed by atoms with Gasteiger partial charge >= 0.3 is 0 Å². The molecule has 8 aromatic carbocycles. The minimum absolute atomic E-state index is 0. The smallest absolute Gasteiger partial charge is 0.0774 e. The van der Waals surface area contributed by atoms with Crippen molar-refractivity contribution < 1.29 is 24.2 Å². The maximum Gasteiger partial charge on any atom is 0.0774 e. The second-order valence-electron chi connectivity index (χ2n) is 14.2. The molecule has 0 fully saturated rings. The average molecular weight is 967 g/mol. The molecule has 289 valence electrons. The molecule has 0 bridgehead atoms. The molecule has 0 amide bonds. The topological polar surface area (TPSA) is 30.7 Å². The Balaban J connectivity index is 0.000000251. The van der Waals surface area contributed by atoms with Crippen molar-refractivity contribution in [2.45, 2.75) is 6.85 Å². The van der Waals surface area contributed by atoms with Crippen molar-refractivity contribution in [1.29, 1.82) is 0 Å². The quantitative estimate of drug-likeness (QED) is 0.156. The van der Waals surface area contributed by atoms with E-state index >= 15 is 0 Å². The van der Waals surface area contributed by atoms with Gasteiger partial charge in [0.2, 0.25) is 0 Å². The summed E-state index contributed by atoms with van der Waals surface area (Å²) in [5, 5.41) is 7.34. The molecule has 0 aliphatic carbocycles. The molecular weight excluding hydrogens is 927 g/mol. The van der Waals surface area contributed by atoms with Crippen molar-refractivity contribution in [1.82, 2.24) is 14.5 Å². The Hall–Kier alpha value is -6.75. The van der Waals surface area contributed by atoms with Crippen LogP contribution in [0.2, 0.25) is 0 Å². The fraction of sp³-hybridized carbons (Fsp3) is 0.0182. The van der Waals surface area contributed by atoms with Gasteiger partial charge in [0.15, 0.2) is 0 Å². The summed E-state index contributed by atoms with van der Waals surface area (Å²) < 4.78 is 25.3. The van der Waals surface area contributed by atoms with Gasteiger partial charge < -0.3 is 9.55 Å². The predicted octanol–water partition coefficient (Wildman–Crippen LogP) is 14.7. The Morgan fingerprint density at radius 3 is 2.00 bits per heavy atom. The zero-order chi connectivity index (χ0) is 42.0. The van der Waals surface area contributed by atoms with Crippen molar-refractivity contribution in [3.8, 4) is 61.7 Å². The van der Waals surface area contributed by atoms with Gasteiger partial charge in [-0.05, 0) is 63.3 Å². The molecule has 11 aromatic rings. The van der Waals surface area contributed by atoms with Gasteiger partial charge in [-0.15, -0.1) is 41.3 Å². The fourth-order valence-electron chi connectivity index (χ4n) is 7.80. The monoisotopic (exact) mass is 967 g/mol. The first-order chi connectivity index (χ1) is 30.4. The summed E-state index contributed by atoms with van der Waals surface area (Å²) in [7, 11) is 0. The van der Waals surface area contributed by atoms with Gasteiger partial charge in [-0.25, -0.2) is 0 Å². The third-order valence-electron chi connectivity index (χ3n) is 10.6. The van der Waals surface area contributed by atoms with Crippen molar-refractivity contribution in [3.05, 3.63) is 223 Å². The zero-order valence-electron chi connectivity index (χ0n) is 35.2. The van der Waals surface area contributed by atoms with Gasteiger partial charge in [0.25, 0.3) is 0 Å². The Morgan fingerprint density at radius 2 is 1.27 bits per heavy atom. The molecule has 0 aliphatic heterocycles. The Bertz CT molecular complexity index is 3270. The fourth-order valence-corrected chi connectivity index (χ4v) is 8.62. The van der Waals surface area contributed by atoms with Crippen molar-refractivity contribution in [2.75, 3.05) is 0 Å². The molecule has 1 radical (unpaired) electrons. The first-order valence-electron chi connectivity index (χ1n) is 21.0. The number of imidazole rings is 1. The van der Waals surface area contributed by atoms with E-state index in [1.54, 1.807) is 29.5 Å². The Kier molecular flexibility index (Phi) is 10.1. The van der Waals surface area contributed by atoms with Crippen LogP contribution in [0.25, 0.3) is 93.6 Å². The van der Waals surface area contributed by atoms with E-state index in [1.807, 2.05) is 18.2 Å². The molecule has 3 aromatic heterocycles. The van der Waals surface area contributed by atoms with Crippen molar-refractivity contribution >= 4 is 43.2 Å². The molecule has 0 aliphatic rings. The Morgan fingerprint density at radius 1 is 0.583 bits per heavy atom. The summed E-state index contributed by atoms with van der Waals surface area (Å²) in [6.45, 7) is -2.09. The van der Waals surface area contributed by atoms with Crippen molar-refractivity contribution in [3.63, 3.8) is 0 Å². The van der Waals surface area contributed by atoms with Crippen LogP contribution in [0.15, 0.2) is 206 Å². The van der Waals surface area contributed by atoms with E-state index in [9.17, 15) is 0 Å². The number of hydrogen-bond donors (Lipinski definition) is 0. The molecule has 0 saturated heterocycles. The molecule has 0 atom stereocenters. The average Bonchev–Trinajstić information content (AvgIpc) is 3.93. The number of rotatable bonds is 6. The summed E-state index contributed by atoms with van der Waals surface area (Å²) in [6.07, 6.45) is 1.39. The summed E-state index contributed by atoms with van der Waals surface area (Å²) in [4.78, 5) is 9.47. The van der Waals surface area contributed by atoms with Crippen molar-refractivity contribution in [2.24, 2.45) is 0 Å². The summed E-state index contributed by atoms with van der Waals surface area (Å²) >= 11 is 1.65. The van der Waals surface area contributed by atoms with E-state index < -0.39 is 6.85 Å². The first-order valence-corrected chi connectivity index (χ1v) is 20.3. The van der Waals surface area contributed by atoms with Gasteiger partial charge in [-0.3, -0.25) is 16.3 Å². The second kappa shape index (κ2) is 17.2. The van der Waals surface area contributed by atoms with E-state index in [1.165, 1.54) is 32.8 Å². The number of nitrogens with zero attached hydrogens (tertiary/aromatic N) is 3. The first kappa shape index (κ1) is 35.2. The van der Waals surface area contributed by atoms with Crippen LogP contribution in [0, 0.1) is 18.3 Å². The molecule has 0 N–H and O–H groups in total. The van der Waals surface area contributed by atoms with Gasteiger partial charge in [0.1, 0.15) is 0 Å². The zero-order valence-corrected chi connectivity index (χ0v) is 35.4. The third kappa shape index (κ3) is 7.51. The number of pyridine rings is 1. The van der Waals surface area contributed by atoms with Crippen LogP contribution in [-0.2, 0) is 20.1 Å². The second-order valence-corrected chi connectivity index (χ2v) is 15.1. The summed E-state index contributed by atoms with van der Waals surface area (Å²) in [5.74, 6) is 0.892. The summed E-state index contributed by atoms with van der Waals surface area (Å²) in [5.41, 5.74) is 13.1. The van der Waals surface area contributed by atoms with E-state index in [2.05, 4.69) is 185 Å². The molecule has 11 rings (SSSR count). The van der Waals surface area contributed by atoms with Gasteiger partial charge in [-0.2, -0.15) is 0 Å². The van der Waals surface area contributed by atoms with Crippen LogP contribution < -0.4 is 0 Å². The number of aromatic nitrogens is 3. The predicted molar refractivity (Wildman–Crippen MR) is 248 cm³/mol. The van der Waals surface area contributed by atoms with Crippen LogP contribution in [0.4, 0.5) is 0 Å². The molecule has 5 heteroatoms. The van der Waals surface area contributed by atoms with E-state index in [-0.39, 0.29) is 25.7 Å². The van der Waals surface area contributed by atoms with Crippen LogP contribution in [-0.4, -0.2) is 14.5 Å². The minimum atomic E-state index is -2.09. The number of fused-ring (bicyclic) bond motifs is 3. The van der Waals surface area contributed by atoms with E-state index in [0.717, 1.165) is 67.0 Å². The Labute approximate surface area is 371 Å². The van der Waals surface area contributed by atoms with E-state index in [4.69, 9.17) is 9.10 Å². The molecule has 3 heterocycles. The van der Waals surface area contributed by atoms with Gasteiger partial charge in [-0.1, -0.05) is 179 Å². The number of benzene rings is 8. The molecule has 3 nitrogen and oxygen atoms in total. The maximum absolute atomic E-state index is 7.23. The molecule has 60 heavy (non-hydrogen) atoms. The van der Waals surface area contributed by atoms with Gasteiger partial charge in [0, 0.05) is 41.5 Å². The van der Waals surface area contributed by atoms with Crippen LogP contribution >= 0.6 is 11.3 Å². The summed E-state index contributed by atoms with van der Waals surface area (Å²) in [6, 6.07) is 72.1. The number of thiophene rings is 1. The molecule has 0 unspecified atom stereocenters. The number of para-hydroxylation sites is 3. The largest absolute Gasteiger partial charge is 0.332 e. The SMILES string of the molecule is [2H]C([2H])([2H])c1ccc(-c2[c-]cccc2)nc1.[Ir].[c-]1sc2ccc(-c3cccc4ccccc34)cc2c1-c1nc2ccccc2n1-c1c(-c2ccccc2)cccc1-c1ccccc1. The third-order valence-corrected chi connectivity index (χ3v) is 11.5. The van der Waals surface area contributed by atoms with Crippen LogP contribution in [0.1, 0.15) is 9.68 Å². The van der Waals surface area contributed by atoms with Crippen LogP contribution in [0.5, 0.6) is 0 Å².